The maximum Gasteiger partial charge on any atom is 0.315 e. The molecule has 0 aliphatic carbocycles. The molecule has 2 aromatic rings. The molecular weight excluding hydrogens is 400 g/mol. The lowest BCUT2D eigenvalue weighted by atomic mass is 9.94. The molecule has 3 amide bonds. The summed E-state index contributed by atoms with van der Waals surface area (Å²) in [7, 11) is 0. The molecule has 0 saturated carbocycles. The van der Waals surface area contributed by atoms with Gasteiger partial charge in [0.15, 0.2) is 0 Å². The Hall–Kier alpha value is -2.86. The molecular formula is C26H34N4O2. The standard InChI is InChI=1S/C26H34N4O2/c1-26(2,30-14-12-22-9-3-4-10-23(22)18-30)19-28-25(32)27-16-20-7-5-8-21(15-20)17-29-13-6-11-24(29)31/h3-5,7-10,15H,6,11-14,16-19H2,1-2H3,(H2,27,28,32). The molecule has 4 rings (SSSR count). The van der Waals surface area contributed by atoms with Gasteiger partial charge in [0.25, 0.3) is 0 Å². The molecule has 0 unspecified atom stereocenters. The molecule has 0 aromatic heterocycles. The number of hydrogen-bond donors (Lipinski definition) is 2. The zero-order valence-corrected chi connectivity index (χ0v) is 19.2. The third kappa shape index (κ3) is 5.49. The van der Waals surface area contributed by atoms with E-state index in [9.17, 15) is 9.59 Å². The summed E-state index contributed by atoms with van der Waals surface area (Å²) in [5.74, 6) is 0.229. The first-order valence-electron chi connectivity index (χ1n) is 11.6. The van der Waals surface area contributed by atoms with Gasteiger partial charge in [-0.25, -0.2) is 4.79 Å². The van der Waals surface area contributed by atoms with Gasteiger partial charge in [-0.05, 0) is 48.9 Å². The first-order valence-corrected chi connectivity index (χ1v) is 11.6. The third-order valence-corrected chi connectivity index (χ3v) is 6.66. The molecule has 2 aliphatic rings. The number of rotatable bonds is 7. The van der Waals surface area contributed by atoms with E-state index in [0.717, 1.165) is 43.6 Å². The summed E-state index contributed by atoms with van der Waals surface area (Å²) >= 11 is 0. The van der Waals surface area contributed by atoms with Crippen molar-refractivity contribution < 1.29 is 9.59 Å². The number of carbonyl (C=O) groups is 2. The van der Waals surface area contributed by atoms with Crippen molar-refractivity contribution in [2.45, 2.75) is 58.3 Å². The Balaban J connectivity index is 1.24. The molecule has 1 fully saturated rings. The van der Waals surface area contributed by atoms with Crippen LogP contribution in [0.5, 0.6) is 0 Å². The Kier molecular flexibility index (Phi) is 6.80. The number of nitrogens with zero attached hydrogens (tertiary/aromatic N) is 2. The monoisotopic (exact) mass is 434 g/mol. The van der Waals surface area contributed by atoms with E-state index in [4.69, 9.17) is 0 Å². The first-order chi connectivity index (χ1) is 15.4. The summed E-state index contributed by atoms with van der Waals surface area (Å²) in [6.45, 7) is 8.81. The van der Waals surface area contributed by atoms with Gasteiger partial charge in [0.2, 0.25) is 5.91 Å². The van der Waals surface area contributed by atoms with Crippen LogP contribution in [0.2, 0.25) is 0 Å². The van der Waals surface area contributed by atoms with Gasteiger partial charge < -0.3 is 15.5 Å². The highest BCUT2D eigenvalue weighted by atomic mass is 16.2. The zero-order chi connectivity index (χ0) is 22.6. The largest absolute Gasteiger partial charge is 0.338 e. The van der Waals surface area contributed by atoms with Crippen LogP contribution in [0.25, 0.3) is 0 Å². The quantitative estimate of drug-likeness (QED) is 0.702. The Morgan fingerprint density at radius 1 is 0.969 bits per heavy atom. The number of likely N-dealkylation sites (tertiary alicyclic amines) is 1. The minimum absolute atomic E-state index is 0.132. The minimum atomic E-state index is -0.157. The lowest BCUT2D eigenvalue weighted by Crippen LogP contribution is -2.54. The van der Waals surface area contributed by atoms with Crippen LogP contribution in [-0.4, -0.2) is 46.9 Å². The van der Waals surface area contributed by atoms with E-state index < -0.39 is 0 Å². The maximum absolute atomic E-state index is 12.5. The van der Waals surface area contributed by atoms with Crippen molar-refractivity contribution in [1.82, 2.24) is 20.4 Å². The van der Waals surface area contributed by atoms with E-state index in [2.05, 4.69) is 59.7 Å². The van der Waals surface area contributed by atoms with E-state index in [-0.39, 0.29) is 17.5 Å². The fourth-order valence-electron chi connectivity index (χ4n) is 4.60. The Bertz CT molecular complexity index is 972. The smallest absolute Gasteiger partial charge is 0.315 e. The van der Waals surface area contributed by atoms with E-state index in [0.29, 0.717) is 26.1 Å². The van der Waals surface area contributed by atoms with Crippen LogP contribution in [-0.2, 0) is 30.8 Å². The summed E-state index contributed by atoms with van der Waals surface area (Å²) in [5.41, 5.74) is 4.82. The predicted octanol–water partition coefficient (Wildman–Crippen LogP) is 3.45. The van der Waals surface area contributed by atoms with Crippen LogP contribution in [0.3, 0.4) is 0 Å². The Morgan fingerprint density at radius 2 is 1.75 bits per heavy atom. The van der Waals surface area contributed by atoms with Gasteiger partial charge in [0.05, 0.1) is 0 Å². The minimum Gasteiger partial charge on any atom is -0.338 e. The van der Waals surface area contributed by atoms with Crippen molar-refractivity contribution in [2.24, 2.45) is 0 Å². The van der Waals surface area contributed by atoms with E-state index in [1.54, 1.807) is 0 Å². The number of fused-ring (bicyclic) bond motifs is 1. The van der Waals surface area contributed by atoms with Crippen molar-refractivity contribution in [3.8, 4) is 0 Å². The molecule has 6 nitrogen and oxygen atoms in total. The average Bonchev–Trinajstić information content (AvgIpc) is 3.20. The highest BCUT2D eigenvalue weighted by Crippen LogP contribution is 2.25. The summed E-state index contributed by atoms with van der Waals surface area (Å²) in [5, 5.41) is 6.02. The van der Waals surface area contributed by atoms with Gasteiger partial charge in [0.1, 0.15) is 0 Å². The van der Waals surface area contributed by atoms with Crippen molar-refractivity contribution in [2.75, 3.05) is 19.6 Å². The average molecular weight is 435 g/mol. The van der Waals surface area contributed by atoms with Gasteiger partial charge in [-0.15, -0.1) is 0 Å². The molecule has 2 aliphatic heterocycles. The Labute approximate surface area is 191 Å². The molecule has 32 heavy (non-hydrogen) atoms. The highest BCUT2D eigenvalue weighted by Gasteiger charge is 2.30. The lowest BCUT2D eigenvalue weighted by molar-refractivity contribution is -0.128. The normalized spacial score (nSPS) is 16.7. The molecule has 0 spiro atoms. The summed E-state index contributed by atoms with van der Waals surface area (Å²) in [4.78, 5) is 28.7. The summed E-state index contributed by atoms with van der Waals surface area (Å²) < 4.78 is 0. The summed E-state index contributed by atoms with van der Waals surface area (Å²) in [6.07, 6.45) is 2.65. The number of nitrogens with one attached hydrogen (secondary N) is 2. The fraction of sp³-hybridized carbons (Fsp3) is 0.462. The SMILES string of the molecule is CC(C)(CNC(=O)NCc1cccc(CN2CCCC2=O)c1)N1CCc2ccccc2C1. The first kappa shape index (κ1) is 22.3. The van der Waals surface area contributed by atoms with Crippen molar-refractivity contribution in [3.05, 3.63) is 70.8 Å². The molecule has 2 heterocycles. The van der Waals surface area contributed by atoms with E-state index in [1.165, 1.54) is 11.1 Å². The van der Waals surface area contributed by atoms with Gasteiger partial charge >= 0.3 is 6.03 Å². The van der Waals surface area contributed by atoms with Crippen LogP contribution in [0, 0.1) is 0 Å². The number of hydrogen-bond acceptors (Lipinski definition) is 3. The predicted molar refractivity (Wildman–Crippen MR) is 126 cm³/mol. The van der Waals surface area contributed by atoms with Crippen LogP contribution < -0.4 is 10.6 Å². The van der Waals surface area contributed by atoms with Crippen molar-refractivity contribution in [3.63, 3.8) is 0 Å². The molecule has 1 saturated heterocycles. The second-order valence-electron chi connectivity index (χ2n) is 9.53. The van der Waals surface area contributed by atoms with Crippen LogP contribution in [0.4, 0.5) is 4.79 Å². The molecule has 2 aromatic carbocycles. The highest BCUT2D eigenvalue weighted by molar-refractivity contribution is 5.78. The second-order valence-corrected chi connectivity index (χ2v) is 9.53. The van der Waals surface area contributed by atoms with Crippen LogP contribution in [0.1, 0.15) is 48.9 Å². The lowest BCUT2D eigenvalue weighted by Gasteiger charge is -2.41. The van der Waals surface area contributed by atoms with Gasteiger partial charge in [-0.1, -0.05) is 48.5 Å². The molecule has 0 radical (unpaired) electrons. The maximum atomic E-state index is 12.5. The van der Waals surface area contributed by atoms with Crippen molar-refractivity contribution in [1.29, 1.82) is 0 Å². The topological polar surface area (TPSA) is 64.7 Å². The van der Waals surface area contributed by atoms with Crippen LogP contribution in [0.15, 0.2) is 48.5 Å². The van der Waals surface area contributed by atoms with Crippen molar-refractivity contribution >= 4 is 11.9 Å². The molecule has 0 bridgehead atoms. The van der Waals surface area contributed by atoms with Gasteiger partial charge in [-0.3, -0.25) is 9.69 Å². The second kappa shape index (κ2) is 9.74. The number of benzene rings is 2. The number of carbonyl (C=O) groups excluding carboxylic acids is 2. The molecule has 0 atom stereocenters. The number of amides is 3. The summed E-state index contributed by atoms with van der Waals surface area (Å²) in [6, 6.07) is 16.6. The van der Waals surface area contributed by atoms with E-state index in [1.807, 2.05) is 23.1 Å². The van der Waals surface area contributed by atoms with Gasteiger partial charge in [-0.2, -0.15) is 0 Å². The Morgan fingerprint density at radius 3 is 2.53 bits per heavy atom. The molecule has 170 valence electrons. The van der Waals surface area contributed by atoms with Crippen LogP contribution >= 0.6 is 0 Å². The molecule has 2 N–H and O–H groups in total. The van der Waals surface area contributed by atoms with Gasteiger partial charge in [0, 0.05) is 51.2 Å². The third-order valence-electron chi connectivity index (χ3n) is 6.66. The fourth-order valence-corrected chi connectivity index (χ4v) is 4.60. The zero-order valence-electron chi connectivity index (χ0n) is 19.2. The number of urea groups is 1. The van der Waals surface area contributed by atoms with E-state index >= 15 is 0 Å². The molecule has 6 heteroatoms.